The van der Waals surface area contributed by atoms with E-state index < -0.39 is 0 Å². The van der Waals surface area contributed by atoms with Crippen molar-refractivity contribution >= 4 is 45.2 Å². The Morgan fingerprint density at radius 1 is 1.18 bits per heavy atom. The third-order valence-corrected chi connectivity index (χ3v) is 6.34. The van der Waals surface area contributed by atoms with E-state index in [2.05, 4.69) is 11.1 Å². The number of esters is 1. The van der Waals surface area contributed by atoms with Crippen molar-refractivity contribution < 1.29 is 14.3 Å². The highest BCUT2D eigenvalue weighted by Crippen LogP contribution is 2.23. The number of amides is 1. The van der Waals surface area contributed by atoms with Gasteiger partial charge < -0.3 is 9.30 Å². The summed E-state index contributed by atoms with van der Waals surface area (Å²) in [5, 5.41) is 0. The zero-order valence-electron chi connectivity index (χ0n) is 16.3. The molecule has 0 spiro atoms. The van der Waals surface area contributed by atoms with Crippen molar-refractivity contribution in [2.24, 2.45) is 4.99 Å². The standard InChI is InChI=1S/C21H22N2O3S2/c1-13-9-14(2)20-17(10-13)23(12-19(25)26-3)21(28-20)22-18(24)11-15-5-7-16(27-4)8-6-15/h5-10H,11-12H2,1-4H3. The number of thiazole rings is 1. The third kappa shape index (κ3) is 4.54. The number of carbonyl (C=O) groups excluding carboxylic acids is 2. The summed E-state index contributed by atoms with van der Waals surface area (Å²) in [4.78, 5) is 30.5. The average molecular weight is 415 g/mol. The minimum atomic E-state index is -0.375. The SMILES string of the molecule is COC(=O)Cn1c(=NC(=O)Cc2ccc(SC)cc2)sc2c(C)cc(C)cc21. The van der Waals surface area contributed by atoms with Crippen LogP contribution < -0.4 is 4.80 Å². The number of carbonyl (C=O) groups is 2. The normalized spacial score (nSPS) is 11.8. The van der Waals surface area contributed by atoms with Gasteiger partial charge in [-0.15, -0.1) is 11.8 Å². The lowest BCUT2D eigenvalue weighted by Gasteiger charge is -2.05. The number of methoxy groups -OCH3 is 1. The zero-order chi connectivity index (χ0) is 20.3. The van der Waals surface area contributed by atoms with E-state index in [-0.39, 0.29) is 24.8 Å². The molecule has 28 heavy (non-hydrogen) atoms. The van der Waals surface area contributed by atoms with Crippen molar-refractivity contribution in [3.63, 3.8) is 0 Å². The number of benzene rings is 2. The minimum absolute atomic E-state index is 0.0218. The van der Waals surface area contributed by atoms with Crippen LogP contribution in [0.2, 0.25) is 0 Å². The number of ether oxygens (including phenoxy) is 1. The van der Waals surface area contributed by atoms with Crippen LogP contribution in [0.15, 0.2) is 46.3 Å². The van der Waals surface area contributed by atoms with E-state index in [9.17, 15) is 9.59 Å². The Bertz CT molecular complexity index is 1100. The zero-order valence-corrected chi connectivity index (χ0v) is 17.9. The summed E-state index contributed by atoms with van der Waals surface area (Å²) in [6, 6.07) is 12.0. The lowest BCUT2D eigenvalue weighted by molar-refractivity contribution is -0.141. The van der Waals surface area contributed by atoms with E-state index in [1.807, 2.05) is 50.4 Å². The second-order valence-corrected chi connectivity index (χ2v) is 8.36. The van der Waals surface area contributed by atoms with Gasteiger partial charge in [0.15, 0.2) is 4.80 Å². The van der Waals surface area contributed by atoms with E-state index in [4.69, 9.17) is 4.74 Å². The van der Waals surface area contributed by atoms with E-state index in [0.29, 0.717) is 4.80 Å². The molecular formula is C21H22N2O3S2. The van der Waals surface area contributed by atoms with Gasteiger partial charge in [0.1, 0.15) is 6.54 Å². The summed E-state index contributed by atoms with van der Waals surface area (Å²) < 4.78 is 7.61. The fraction of sp³-hybridized carbons (Fsp3) is 0.286. The smallest absolute Gasteiger partial charge is 0.325 e. The highest BCUT2D eigenvalue weighted by atomic mass is 32.2. The molecule has 1 aromatic heterocycles. The van der Waals surface area contributed by atoms with Crippen molar-refractivity contribution in [2.75, 3.05) is 13.4 Å². The molecule has 3 rings (SSSR count). The molecule has 0 unspecified atom stereocenters. The van der Waals surface area contributed by atoms with Crippen LogP contribution in [0.3, 0.4) is 0 Å². The van der Waals surface area contributed by atoms with Crippen molar-refractivity contribution in [1.82, 2.24) is 4.57 Å². The monoisotopic (exact) mass is 414 g/mol. The minimum Gasteiger partial charge on any atom is -0.468 e. The van der Waals surface area contributed by atoms with Gasteiger partial charge in [0, 0.05) is 4.90 Å². The Labute approximate surface area is 172 Å². The Kier molecular flexibility index (Phi) is 6.36. The summed E-state index contributed by atoms with van der Waals surface area (Å²) in [7, 11) is 1.36. The molecule has 0 aliphatic heterocycles. The maximum Gasteiger partial charge on any atom is 0.325 e. The van der Waals surface area contributed by atoms with E-state index in [0.717, 1.165) is 31.8 Å². The van der Waals surface area contributed by atoms with Crippen molar-refractivity contribution in [2.45, 2.75) is 31.7 Å². The van der Waals surface area contributed by atoms with Crippen LogP contribution in [0.25, 0.3) is 10.2 Å². The first kappa shape index (κ1) is 20.4. The predicted molar refractivity (Wildman–Crippen MR) is 114 cm³/mol. The lowest BCUT2D eigenvalue weighted by atomic mass is 10.1. The Balaban J connectivity index is 2.01. The van der Waals surface area contributed by atoms with Crippen LogP contribution in [-0.2, 0) is 27.3 Å². The molecule has 2 aromatic carbocycles. The Hall–Kier alpha value is -2.38. The first-order valence-corrected chi connectivity index (χ1v) is 10.8. The van der Waals surface area contributed by atoms with Gasteiger partial charge in [-0.1, -0.05) is 29.5 Å². The number of aryl methyl sites for hydroxylation is 2. The van der Waals surface area contributed by atoms with Gasteiger partial charge in [-0.05, 0) is 55.0 Å². The third-order valence-electron chi connectivity index (χ3n) is 4.36. The summed E-state index contributed by atoms with van der Waals surface area (Å²) >= 11 is 3.08. The summed E-state index contributed by atoms with van der Waals surface area (Å²) in [5.41, 5.74) is 4.00. The maximum atomic E-state index is 12.6. The summed E-state index contributed by atoms with van der Waals surface area (Å²) in [5.74, 6) is -0.614. The van der Waals surface area contributed by atoms with Crippen LogP contribution in [0.4, 0.5) is 0 Å². The number of nitrogens with zero attached hydrogens (tertiary/aromatic N) is 2. The van der Waals surface area contributed by atoms with Gasteiger partial charge in [0.05, 0.1) is 23.7 Å². The molecule has 1 heterocycles. The topological polar surface area (TPSA) is 60.7 Å². The fourth-order valence-corrected chi connectivity index (χ4v) is 4.51. The molecule has 0 saturated heterocycles. The van der Waals surface area contributed by atoms with Gasteiger partial charge in [-0.3, -0.25) is 9.59 Å². The second kappa shape index (κ2) is 8.75. The molecule has 7 heteroatoms. The average Bonchev–Trinajstić information content (AvgIpc) is 2.99. The Morgan fingerprint density at radius 2 is 1.89 bits per heavy atom. The molecule has 0 bridgehead atoms. The van der Waals surface area contributed by atoms with Gasteiger partial charge in [0.25, 0.3) is 5.91 Å². The molecule has 146 valence electrons. The predicted octanol–water partition coefficient (Wildman–Crippen LogP) is 3.88. The first-order chi connectivity index (χ1) is 13.4. The molecule has 3 aromatic rings. The van der Waals surface area contributed by atoms with Gasteiger partial charge >= 0.3 is 5.97 Å². The fourth-order valence-electron chi connectivity index (χ4n) is 3.01. The number of rotatable bonds is 5. The molecule has 0 saturated carbocycles. The molecule has 0 N–H and O–H groups in total. The molecule has 1 amide bonds. The Morgan fingerprint density at radius 3 is 2.54 bits per heavy atom. The van der Waals surface area contributed by atoms with Gasteiger partial charge in [-0.25, -0.2) is 0 Å². The van der Waals surface area contributed by atoms with Crippen LogP contribution in [0.5, 0.6) is 0 Å². The number of aromatic nitrogens is 1. The highest BCUT2D eigenvalue weighted by Gasteiger charge is 2.14. The molecule has 0 atom stereocenters. The second-order valence-electron chi connectivity index (χ2n) is 6.51. The highest BCUT2D eigenvalue weighted by molar-refractivity contribution is 7.98. The number of hydrogen-bond acceptors (Lipinski definition) is 5. The van der Waals surface area contributed by atoms with Gasteiger partial charge in [-0.2, -0.15) is 4.99 Å². The largest absolute Gasteiger partial charge is 0.468 e. The van der Waals surface area contributed by atoms with Crippen LogP contribution >= 0.6 is 23.1 Å². The summed E-state index contributed by atoms with van der Waals surface area (Å²) in [6.07, 6.45) is 2.24. The molecule has 0 radical (unpaired) electrons. The molecule has 5 nitrogen and oxygen atoms in total. The quantitative estimate of drug-likeness (QED) is 0.469. The number of hydrogen-bond donors (Lipinski definition) is 0. The van der Waals surface area contributed by atoms with Crippen LogP contribution in [-0.4, -0.2) is 29.8 Å². The van der Waals surface area contributed by atoms with Crippen molar-refractivity contribution in [3.8, 4) is 0 Å². The molecule has 0 aliphatic rings. The molecular weight excluding hydrogens is 392 g/mol. The van der Waals surface area contributed by atoms with Crippen LogP contribution in [0.1, 0.15) is 16.7 Å². The van der Waals surface area contributed by atoms with Crippen LogP contribution in [0, 0.1) is 13.8 Å². The number of fused-ring (bicyclic) bond motifs is 1. The van der Waals surface area contributed by atoms with Crippen molar-refractivity contribution in [3.05, 3.63) is 57.9 Å². The van der Waals surface area contributed by atoms with Gasteiger partial charge in [0.2, 0.25) is 0 Å². The van der Waals surface area contributed by atoms with E-state index in [1.54, 1.807) is 16.3 Å². The summed E-state index contributed by atoms with van der Waals surface area (Å²) in [6.45, 7) is 4.05. The molecule has 0 fully saturated rings. The lowest BCUT2D eigenvalue weighted by Crippen LogP contribution is -2.22. The maximum absolute atomic E-state index is 12.6. The first-order valence-electron chi connectivity index (χ1n) is 8.79. The van der Waals surface area contributed by atoms with Crippen molar-refractivity contribution in [1.29, 1.82) is 0 Å². The van der Waals surface area contributed by atoms with E-state index in [1.165, 1.54) is 18.4 Å². The number of thioether (sulfide) groups is 1. The van der Waals surface area contributed by atoms with E-state index >= 15 is 0 Å². The molecule has 0 aliphatic carbocycles.